The normalized spacial score (nSPS) is 20.6. The summed E-state index contributed by atoms with van der Waals surface area (Å²) in [7, 11) is 0. The zero-order chi connectivity index (χ0) is 22.4. The van der Waals surface area contributed by atoms with Crippen LogP contribution in [-0.2, 0) is 19.4 Å². The number of rotatable bonds is 3. The van der Waals surface area contributed by atoms with Gasteiger partial charge in [0.15, 0.2) is 11.6 Å². The van der Waals surface area contributed by atoms with E-state index >= 15 is 0 Å². The SMILES string of the molecule is C.N[C@@H]1c2ccccc2CC12CCN(c1ncc(N3CCCc4ncccc43)nc1CO)CC2. The number of aliphatic hydroxyl groups excluding tert-OH is 1. The van der Waals surface area contributed by atoms with Crippen molar-refractivity contribution in [3.05, 3.63) is 71.3 Å². The fraction of sp³-hybridized carbons (Fsp3) is 0.444. The standard InChI is InChI=1S/C26H30N6O.CH4/c27-24-19-6-2-1-5-18(19)15-26(24)9-13-31(14-10-26)25-21(17-33)30-23(16-29-25)32-12-4-7-20-22(32)8-3-11-28-20;/h1-3,5-6,8,11,16,24,33H,4,7,9-10,12-15,17,27H2;1H4/t24-;/m1./s1. The molecule has 3 aromatic rings. The first-order chi connectivity index (χ1) is 16.2. The molecule has 2 aromatic heterocycles. The Kier molecular flexibility index (Phi) is 6.00. The molecule has 3 N–H and O–H groups in total. The average Bonchev–Trinajstić information content (AvgIpc) is 3.15. The van der Waals surface area contributed by atoms with Crippen LogP contribution in [-0.4, -0.2) is 39.7 Å². The van der Waals surface area contributed by atoms with Gasteiger partial charge < -0.3 is 20.6 Å². The van der Waals surface area contributed by atoms with Crippen LogP contribution in [0.5, 0.6) is 0 Å². The lowest BCUT2D eigenvalue weighted by Gasteiger charge is -2.43. The van der Waals surface area contributed by atoms with Gasteiger partial charge in [0.05, 0.1) is 24.2 Å². The van der Waals surface area contributed by atoms with Gasteiger partial charge >= 0.3 is 0 Å². The number of nitrogens with two attached hydrogens (primary N) is 1. The van der Waals surface area contributed by atoms with Crippen LogP contribution < -0.4 is 15.5 Å². The molecule has 1 saturated heterocycles. The summed E-state index contributed by atoms with van der Waals surface area (Å²) in [5.41, 5.74) is 12.4. The molecule has 1 aromatic carbocycles. The van der Waals surface area contributed by atoms with Crippen molar-refractivity contribution in [2.24, 2.45) is 11.1 Å². The van der Waals surface area contributed by atoms with Crippen molar-refractivity contribution in [3.63, 3.8) is 0 Å². The van der Waals surface area contributed by atoms with Crippen LogP contribution in [0.25, 0.3) is 0 Å². The van der Waals surface area contributed by atoms with Crippen molar-refractivity contribution >= 4 is 17.3 Å². The smallest absolute Gasteiger partial charge is 0.152 e. The molecule has 4 heterocycles. The number of nitrogens with zero attached hydrogens (tertiary/aromatic N) is 5. The summed E-state index contributed by atoms with van der Waals surface area (Å²) >= 11 is 0. The summed E-state index contributed by atoms with van der Waals surface area (Å²) in [5.74, 6) is 1.57. The number of hydrogen-bond acceptors (Lipinski definition) is 7. The molecule has 7 nitrogen and oxygen atoms in total. The van der Waals surface area contributed by atoms with Crippen molar-refractivity contribution in [1.82, 2.24) is 15.0 Å². The molecule has 3 aliphatic rings. The fourth-order valence-corrected chi connectivity index (χ4v) is 6.01. The van der Waals surface area contributed by atoms with Gasteiger partial charge in [-0.25, -0.2) is 9.97 Å². The third-order valence-electron chi connectivity index (χ3n) is 7.84. The molecule has 1 fully saturated rings. The highest BCUT2D eigenvalue weighted by Crippen LogP contribution is 2.51. The van der Waals surface area contributed by atoms with Gasteiger partial charge in [-0.1, -0.05) is 31.7 Å². The molecular weight excluding hydrogens is 424 g/mol. The molecule has 6 rings (SSSR count). The maximum Gasteiger partial charge on any atom is 0.152 e. The Balaban J connectivity index is 0.00000241. The van der Waals surface area contributed by atoms with Crippen molar-refractivity contribution in [2.45, 2.75) is 52.2 Å². The number of hydrogen-bond donors (Lipinski definition) is 2. The highest BCUT2D eigenvalue weighted by atomic mass is 16.3. The van der Waals surface area contributed by atoms with Gasteiger partial charge in [0, 0.05) is 31.9 Å². The number of piperidine rings is 1. The monoisotopic (exact) mass is 458 g/mol. The first-order valence-electron chi connectivity index (χ1n) is 11.9. The predicted octanol–water partition coefficient (Wildman–Crippen LogP) is 3.93. The summed E-state index contributed by atoms with van der Waals surface area (Å²) in [6.07, 6.45) is 8.78. The second-order valence-corrected chi connectivity index (χ2v) is 9.58. The largest absolute Gasteiger partial charge is 0.390 e. The summed E-state index contributed by atoms with van der Waals surface area (Å²) in [6.45, 7) is 2.50. The van der Waals surface area contributed by atoms with Crippen molar-refractivity contribution in [3.8, 4) is 0 Å². The van der Waals surface area contributed by atoms with Gasteiger partial charge in [0.2, 0.25) is 0 Å². The van der Waals surface area contributed by atoms with E-state index in [1.165, 1.54) is 11.1 Å². The number of fused-ring (bicyclic) bond motifs is 2. The van der Waals surface area contributed by atoms with E-state index < -0.39 is 0 Å². The Bertz CT molecular complexity index is 1170. The maximum absolute atomic E-state index is 10.2. The molecule has 7 heteroatoms. The van der Waals surface area contributed by atoms with Crippen molar-refractivity contribution in [1.29, 1.82) is 0 Å². The highest BCUT2D eigenvalue weighted by molar-refractivity contribution is 5.64. The lowest BCUT2D eigenvalue weighted by Crippen LogP contribution is -2.45. The van der Waals surface area contributed by atoms with E-state index in [4.69, 9.17) is 15.7 Å². The second-order valence-electron chi connectivity index (χ2n) is 9.58. The molecule has 0 radical (unpaired) electrons. The minimum atomic E-state index is -0.128. The van der Waals surface area contributed by atoms with Gasteiger partial charge in [-0.3, -0.25) is 4.98 Å². The van der Waals surface area contributed by atoms with E-state index in [9.17, 15) is 5.11 Å². The molecule has 0 bridgehead atoms. The Morgan fingerprint density at radius 1 is 1.06 bits per heavy atom. The first-order valence-corrected chi connectivity index (χ1v) is 11.9. The lowest BCUT2D eigenvalue weighted by molar-refractivity contribution is 0.186. The summed E-state index contributed by atoms with van der Waals surface area (Å²) in [6, 6.07) is 12.7. The Hall–Kier alpha value is -3.03. The zero-order valence-corrected chi connectivity index (χ0v) is 18.8. The van der Waals surface area contributed by atoms with E-state index in [-0.39, 0.29) is 25.5 Å². The quantitative estimate of drug-likeness (QED) is 0.614. The van der Waals surface area contributed by atoms with Crippen LogP contribution in [0, 0.1) is 5.41 Å². The van der Waals surface area contributed by atoms with E-state index in [1.807, 2.05) is 18.5 Å². The van der Waals surface area contributed by atoms with Gasteiger partial charge in [0.25, 0.3) is 0 Å². The van der Waals surface area contributed by atoms with E-state index in [2.05, 4.69) is 45.1 Å². The molecule has 2 aliphatic heterocycles. The predicted molar refractivity (Wildman–Crippen MR) is 135 cm³/mol. The summed E-state index contributed by atoms with van der Waals surface area (Å²) < 4.78 is 0. The average molecular weight is 459 g/mol. The summed E-state index contributed by atoms with van der Waals surface area (Å²) in [4.78, 5) is 18.6. The minimum Gasteiger partial charge on any atom is -0.390 e. The second kappa shape index (κ2) is 8.96. The van der Waals surface area contributed by atoms with Crippen LogP contribution in [0.4, 0.5) is 17.3 Å². The molecule has 0 amide bonds. The minimum absolute atomic E-state index is 0. The fourth-order valence-electron chi connectivity index (χ4n) is 6.01. The van der Waals surface area contributed by atoms with Gasteiger partial charge in [0.1, 0.15) is 5.69 Å². The van der Waals surface area contributed by atoms with Gasteiger partial charge in [-0.05, 0) is 60.8 Å². The molecule has 178 valence electrons. The zero-order valence-electron chi connectivity index (χ0n) is 18.8. The van der Waals surface area contributed by atoms with Crippen LogP contribution >= 0.6 is 0 Å². The topological polar surface area (TPSA) is 91.4 Å². The molecular formula is C27H34N6O. The molecule has 1 aliphatic carbocycles. The molecule has 0 unspecified atom stereocenters. The van der Waals surface area contributed by atoms with E-state index in [0.717, 1.165) is 74.8 Å². The third-order valence-corrected chi connectivity index (χ3v) is 7.84. The van der Waals surface area contributed by atoms with Crippen molar-refractivity contribution < 1.29 is 5.11 Å². The van der Waals surface area contributed by atoms with E-state index in [1.54, 1.807) is 0 Å². The van der Waals surface area contributed by atoms with Gasteiger partial charge in [-0.15, -0.1) is 0 Å². The number of pyridine rings is 1. The third kappa shape index (κ3) is 3.63. The van der Waals surface area contributed by atoms with Crippen LogP contribution in [0.3, 0.4) is 0 Å². The highest BCUT2D eigenvalue weighted by Gasteiger charge is 2.46. The summed E-state index contributed by atoms with van der Waals surface area (Å²) in [5, 5.41) is 10.2. The number of aromatic nitrogens is 3. The number of anilines is 3. The maximum atomic E-state index is 10.2. The van der Waals surface area contributed by atoms with Crippen LogP contribution in [0.1, 0.15) is 55.2 Å². The van der Waals surface area contributed by atoms with E-state index in [0.29, 0.717) is 5.69 Å². The van der Waals surface area contributed by atoms with Gasteiger partial charge in [-0.2, -0.15) is 0 Å². The molecule has 0 saturated carbocycles. The molecule has 1 atom stereocenters. The molecule has 34 heavy (non-hydrogen) atoms. The Labute approximate surface area is 201 Å². The lowest BCUT2D eigenvalue weighted by atomic mass is 9.73. The number of aryl methyl sites for hydroxylation is 1. The first kappa shape index (κ1) is 22.7. The van der Waals surface area contributed by atoms with Crippen molar-refractivity contribution in [2.75, 3.05) is 29.4 Å². The van der Waals surface area contributed by atoms with Crippen LogP contribution in [0.15, 0.2) is 48.8 Å². The molecule has 1 spiro atoms. The number of benzene rings is 1. The van der Waals surface area contributed by atoms with Crippen LogP contribution in [0.2, 0.25) is 0 Å². The number of aliphatic hydroxyl groups is 1. The Morgan fingerprint density at radius 3 is 2.68 bits per heavy atom. The Morgan fingerprint density at radius 2 is 1.88 bits per heavy atom.